The van der Waals surface area contributed by atoms with Crippen molar-refractivity contribution in [1.82, 2.24) is 10.2 Å². The Balaban J connectivity index is 2.08. The average Bonchev–Trinajstić information content (AvgIpc) is 2.81. The van der Waals surface area contributed by atoms with Gasteiger partial charge in [0, 0.05) is 30.8 Å². The van der Waals surface area contributed by atoms with Crippen LogP contribution in [0.15, 0.2) is 48.5 Å². The number of carbonyl (C=O) groups is 3. The van der Waals surface area contributed by atoms with Crippen LogP contribution >= 0.6 is 0 Å². The average molecular weight is 449 g/mol. The minimum absolute atomic E-state index is 0.304. The molecule has 0 radical (unpaired) electrons. The zero-order valence-electron chi connectivity index (χ0n) is 19.9. The zero-order valence-corrected chi connectivity index (χ0v) is 19.9. The number of amides is 2. The fraction of sp³-hybridized carbons (Fsp3) is 0.370. The number of Topliss-reactive ketones (excluding diaryl/α,β-unsaturated/α-hetero) is 1. The van der Waals surface area contributed by atoms with Gasteiger partial charge in [-0.3, -0.25) is 14.4 Å². The van der Waals surface area contributed by atoms with Crippen molar-refractivity contribution >= 4 is 17.6 Å². The Labute approximate surface area is 196 Å². The molecule has 33 heavy (non-hydrogen) atoms. The molecular weight excluding hydrogens is 416 g/mol. The van der Waals surface area contributed by atoms with Gasteiger partial charge < -0.3 is 15.3 Å². The maximum Gasteiger partial charge on any atom is 0.254 e. The molecule has 174 valence electrons. The number of aliphatic hydroxyl groups is 1. The van der Waals surface area contributed by atoms with Crippen LogP contribution in [0.4, 0.5) is 0 Å². The fourth-order valence-electron chi connectivity index (χ4n) is 3.20. The van der Waals surface area contributed by atoms with Crippen molar-refractivity contribution in [3.63, 3.8) is 0 Å². The molecular formula is C27H32N2O4. The van der Waals surface area contributed by atoms with Gasteiger partial charge in [0.05, 0.1) is 0 Å². The van der Waals surface area contributed by atoms with Gasteiger partial charge in [-0.15, -0.1) is 0 Å². The van der Waals surface area contributed by atoms with E-state index in [2.05, 4.69) is 50.1 Å². The van der Waals surface area contributed by atoms with Crippen LogP contribution in [-0.4, -0.2) is 54.3 Å². The first-order valence-corrected chi connectivity index (χ1v) is 10.9. The molecule has 6 heteroatoms. The number of ketones is 1. The van der Waals surface area contributed by atoms with Crippen LogP contribution in [0.3, 0.4) is 0 Å². The van der Waals surface area contributed by atoms with Crippen LogP contribution in [0, 0.1) is 17.3 Å². The molecule has 6 nitrogen and oxygen atoms in total. The van der Waals surface area contributed by atoms with E-state index >= 15 is 0 Å². The van der Waals surface area contributed by atoms with Crippen LogP contribution in [0.2, 0.25) is 0 Å². The molecule has 0 bridgehead atoms. The lowest BCUT2D eigenvalue weighted by atomic mass is 9.88. The van der Waals surface area contributed by atoms with E-state index in [0.29, 0.717) is 11.0 Å². The van der Waals surface area contributed by atoms with Gasteiger partial charge in [0.25, 0.3) is 5.91 Å². The Morgan fingerprint density at radius 3 is 1.94 bits per heavy atom. The first kappa shape index (κ1) is 25.8. The van der Waals surface area contributed by atoms with E-state index in [-0.39, 0.29) is 0 Å². The number of nitrogens with zero attached hydrogens (tertiary/aromatic N) is 1. The highest BCUT2D eigenvalue weighted by Crippen LogP contribution is 2.21. The lowest BCUT2D eigenvalue weighted by molar-refractivity contribution is -0.135. The number of rotatable bonds is 7. The Kier molecular flexibility index (Phi) is 8.95. The molecule has 2 aromatic carbocycles. The number of aryl methyl sites for hydroxylation is 1. The van der Waals surface area contributed by atoms with E-state index in [4.69, 9.17) is 5.11 Å². The summed E-state index contributed by atoms with van der Waals surface area (Å²) < 4.78 is 0. The van der Waals surface area contributed by atoms with E-state index in [1.54, 1.807) is 24.3 Å². The molecule has 2 N–H and O–H groups in total. The maximum absolute atomic E-state index is 12.7. The third kappa shape index (κ3) is 7.58. The second-order valence-electron chi connectivity index (χ2n) is 9.14. The molecule has 0 spiro atoms. The SMILES string of the molecule is CNC(=O)C(C(=O)CO)N(C)C(=O)c1ccc(C#Cc2ccc(CCC(C)(C)C)cc2)cc1. The normalized spacial score (nSPS) is 11.7. The first-order valence-electron chi connectivity index (χ1n) is 10.9. The number of hydrogen-bond donors (Lipinski definition) is 2. The molecule has 0 saturated carbocycles. The molecule has 2 aromatic rings. The van der Waals surface area contributed by atoms with Gasteiger partial charge in [0.1, 0.15) is 6.61 Å². The third-order valence-corrected chi connectivity index (χ3v) is 5.26. The summed E-state index contributed by atoms with van der Waals surface area (Å²) in [5, 5.41) is 11.5. The summed E-state index contributed by atoms with van der Waals surface area (Å²) in [6, 6.07) is 13.5. The third-order valence-electron chi connectivity index (χ3n) is 5.26. The minimum Gasteiger partial charge on any atom is -0.388 e. The standard InChI is InChI=1S/C27H32N2O4/c1-27(2,3)17-16-21-10-8-19(9-11-21)6-7-20-12-14-22(15-13-20)26(33)29(5)24(23(31)18-30)25(32)28-4/h8-15,24,30H,16-18H2,1-5H3,(H,28,32). The van der Waals surface area contributed by atoms with Gasteiger partial charge in [-0.1, -0.05) is 44.7 Å². The first-order chi connectivity index (χ1) is 15.6. The molecule has 2 amide bonds. The van der Waals surface area contributed by atoms with Crippen molar-refractivity contribution in [2.45, 2.75) is 39.7 Å². The predicted octanol–water partition coefficient (Wildman–Crippen LogP) is 2.81. The Bertz CT molecular complexity index is 1020. The number of hydrogen-bond acceptors (Lipinski definition) is 4. The number of likely N-dealkylation sites (N-methyl/N-ethyl adjacent to an activating group) is 2. The fourth-order valence-corrected chi connectivity index (χ4v) is 3.20. The number of carbonyl (C=O) groups excluding carboxylic acids is 3. The van der Waals surface area contributed by atoms with Gasteiger partial charge in [-0.25, -0.2) is 0 Å². The van der Waals surface area contributed by atoms with E-state index in [1.807, 2.05) is 12.1 Å². The minimum atomic E-state index is -1.39. The van der Waals surface area contributed by atoms with Crippen molar-refractivity contribution in [1.29, 1.82) is 0 Å². The molecule has 0 fully saturated rings. The van der Waals surface area contributed by atoms with Crippen LogP contribution < -0.4 is 5.32 Å². The zero-order chi connectivity index (χ0) is 24.6. The van der Waals surface area contributed by atoms with E-state index in [1.165, 1.54) is 19.7 Å². The number of benzene rings is 2. The summed E-state index contributed by atoms with van der Waals surface area (Å²) in [7, 11) is 2.72. The van der Waals surface area contributed by atoms with E-state index < -0.39 is 30.2 Å². The Morgan fingerprint density at radius 1 is 0.970 bits per heavy atom. The molecule has 1 unspecified atom stereocenters. The molecule has 0 saturated heterocycles. The van der Waals surface area contributed by atoms with Gasteiger partial charge in [-0.2, -0.15) is 0 Å². The summed E-state index contributed by atoms with van der Waals surface area (Å²) in [5.74, 6) is 4.30. The molecule has 2 rings (SSSR count). The molecule has 0 aromatic heterocycles. The van der Waals surface area contributed by atoms with Crippen molar-refractivity contribution < 1.29 is 19.5 Å². The molecule has 0 aliphatic carbocycles. The monoisotopic (exact) mass is 448 g/mol. The maximum atomic E-state index is 12.7. The topological polar surface area (TPSA) is 86.7 Å². The number of aliphatic hydroxyl groups excluding tert-OH is 1. The summed E-state index contributed by atoms with van der Waals surface area (Å²) in [6.07, 6.45) is 2.15. The predicted molar refractivity (Wildman–Crippen MR) is 129 cm³/mol. The van der Waals surface area contributed by atoms with Crippen molar-refractivity contribution in [3.8, 4) is 11.8 Å². The van der Waals surface area contributed by atoms with Crippen LogP contribution in [-0.2, 0) is 16.0 Å². The van der Waals surface area contributed by atoms with Crippen molar-refractivity contribution in [2.24, 2.45) is 5.41 Å². The lowest BCUT2D eigenvalue weighted by Gasteiger charge is -2.25. The lowest BCUT2D eigenvalue weighted by Crippen LogP contribution is -2.52. The van der Waals surface area contributed by atoms with Crippen molar-refractivity contribution in [2.75, 3.05) is 20.7 Å². The highest BCUT2D eigenvalue weighted by molar-refractivity contribution is 6.10. The molecule has 0 aliphatic heterocycles. The Morgan fingerprint density at radius 2 is 1.48 bits per heavy atom. The smallest absolute Gasteiger partial charge is 0.254 e. The Hall–Kier alpha value is -3.43. The highest BCUT2D eigenvalue weighted by atomic mass is 16.3. The van der Waals surface area contributed by atoms with Gasteiger partial charge in [0.15, 0.2) is 11.8 Å². The second kappa shape index (κ2) is 11.4. The van der Waals surface area contributed by atoms with Gasteiger partial charge >= 0.3 is 0 Å². The summed E-state index contributed by atoms with van der Waals surface area (Å²) in [5.41, 5.74) is 3.55. The molecule has 1 atom stereocenters. The van der Waals surface area contributed by atoms with Crippen LogP contribution in [0.5, 0.6) is 0 Å². The quantitative estimate of drug-likeness (QED) is 0.504. The summed E-state index contributed by atoms with van der Waals surface area (Å²) in [4.78, 5) is 37.7. The highest BCUT2D eigenvalue weighted by Gasteiger charge is 2.32. The largest absolute Gasteiger partial charge is 0.388 e. The van der Waals surface area contributed by atoms with Crippen LogP contribution in [0.1, 0.15) is 54.2 Å². The number of nitrogens with one attached hydrogen (secondary N) is 1. The van der Waals surface area contributed by atoms with Crippen LogP contribution in [0.25, 0.3) is 0 Å². The van der Waals surface area contributed by atoms with Gasteiger partial charge in [0.2, 0.25) is 5.91 Å². The molecule has 0 aliphatic rings. The summed E-state index contributed by atoms with van der Waals surface area (Å²) in [6.45, 7) is 5.87. The van der Waals surface area contributed by atoms with Crippen molar-refractivity contribution in [3.05, 3.63) is 70.8 Å². The van der Waals surface area contributed by atoms with E-state index in [0.717, 1.165) is 28.9 Å². The summed E-state index contributed by atoms with van der Waals surface area (Å²) >= 11 is 0. The second-order valence-corrected chi connectivity index (χ2v) is 9.14. The molecule has 0 heterocycles. The van der Waals surface area contributed by atoms with Gasteiger partial charge in [-0.05, 0) is 60.2 Å². The van der Waals surface area contributed by atoms with E-state index in [9.17, 15) is 14.4 Å².